The first-order valence-electron chi connectivity index (χ1n) is 6.75. The summed E-state index contributed by atoms with van der Waals surface area (Å²) >= 11 is 6.06. The van der Waals surface area contributed by atoms with Crippen LogP contribution >= 0.6 is 11.6 Å². The summed E-state index contributed by atoms with van der Waals surface area (Å²) in [6, 6.07) is 5.63. The third-order valence-corrected chi connectivity index (χ3v) is 3.22. The zero-order valence-corrected chi connectivity index (χ0v) is 12.9. The van der Waals surface area contributed by atoms with Gasteiger partial charge in [-0.05, 0) is 31.5 Å². The fourth-order valence-corrected chi connectivity index (χ4v) is 2.16. The molecule has 0 fully saturated rings. The lowest BCUT2D eigenvalue weighted by Crippen LogP contribution is -2.04. The van der Waals surface area contributed by atoms with Crippen molar-refractivity contribution in [2.75, 3.05) is 11.9 Å². The fourth-order valence-electron chi connectivity index (χ4n) is 1.99. The molecule has 2 rings (SSSR count). The van der Waals surface area contributed by atoms with Crippen molar-refractivity contribution in [1.29, 1.82) is 0 Å². The van der Waals surface area contributed by atoms with Crippen LogP contribution in [-0.4, -0.2) is 16.4 Å². The molecule has 4 nitrogen and oxygen atoms in total. The van der Waals surface area contributed by atoms with E-state index in [4.69, 9.17) is 16.3 Å². The molecule has 1 N–H and O–H groups in total. The molecule has 0 saturated heterocycles. The quantitative estimate of drug-likeness (QED) is 0.881. The van der Waals surface area contributed by atoms with Crippen LogP contribution in [0, 0.1) is 6.92 Å². The predicted molar refractivity (Wildman–Crippen MR) is 82.5 cm³/mol. The number of aryl methyl sites for hydroxylation is 2. The molecule has 0 radical (unpaired) electrons. The van der Waals surface area contributed by atoms with E-state index in [1.54, 1.807) is 0 Å². The summed E-state index contributed by atoms with van der Waals surface area (Å²) in [6.45, 7) is 5.48. The smallest absolute Gasteiger partial charge is 0.142 e. The van der Waals surface area contributed by atoms with E-state index in [-0.39, 0.29) is 0 Å². The molecule has 0 aliphatic carbocycles. The first-order chi connectivity index (χ1) is 9.60. The molecule has 5 heteroatoms. The highest BCUT2D eigenvalue weighted by atomic mass is 35.5. The van der Waals surface area contributed by atoms with E-state index in [9.17, 15) is 0 Å². The van der Waals surface area contributed by atoms with Crippen molar-refractivity contribution in [3.63, 3.8) is 0 Å². The molecule has 0 amide bonds. The average Bonchev–Trinajstić information content (AvgIpc) is 2.73. The van der Waals surface area contributed by atoms with Gasteiger partial charge in [0.2, 0.25) is 0 Å². The number of nitrogens with zero attached hydrogens (tertiary/aromatic N) is 2. The van der Waals surface area contributed by atoms with Gasteiger partial charge in [0.25, 0.3) is 0 Å². The topological polar surface area (TPSA) is 39.1 Å². The minimum absolute atomic E-state index is 0.694. The average molecular weight is 294 g/mol. The number of benzene rings is 1. The largest absolute Gasteiger partial charge is 0.491 e. The van der Waals surface area contributed by atoms with Gasteiger partial charge in [-0.25, -0.2) is 0 Å². The minimum Gasteiger partial charge on any atom is -0.491 e. The fraction of sp³-hybridized carbons (Fsp3) is 0.400. The van der Waals surface area contributed by atoms with E-state index in [0.717, 1.165) is 29.1 Å². The number of hydrogen-bond acceptors (Lipinski definition) is 3. The van der Waals surface area contributed by atoms with Crippen LogP contribution in [-0.2, 0) is 13.6 Å². The van der Waals surface area contributed by atoms with Crippen LogP contribution in [0.15, 0.2) is 24.4 Å². The van der Waals surface area contributed by atoms with Gasteiger partial charge in [0.15, 0.2) is 0 Å². The number of aromatic nitrogens is 2. The second-order valence-corrected chi connectivity index (χ2v) is 5.19. The lowest BCUT2D eigenvalue weighted by Gasteiger charge is -2.13. The zero-order chi connectivity index (χ0) is 14.5. The van der Waals surface area contributed by atoms with Gasteiger partial charge in [0.05, 0.1) is 18.0 Å². The predicted octanol–water partition coefficient (Wildman–Crippen LogP) is 3.78. The highest BCUT2D eigenvalue weighted by Gasteiger charge is 2.07. The maximum atomic E-state index is 6.06. The Balaban J connectivity index is 2.11. The van der Waals surface area contributed by atoms with Crippen molar-refractivity contribution >= 4 is 17.3 Å². The standard InChI is InChI=1S/C15H20ClN3O/c1-4-7-20-15-6-5-13(16)8-14(15)17-9-12-10-19(3)18-11(12)2/h5-6,8,10,17H,4,7,9H2,1-3H3. The van der Waals surface area contributed by atoms with Crippen LogP contribution < -0.4 is 10.1 Å². The Kier molecular flexibility index (Phi) is 4.90. The molecule has 0 spiro atoms. The Labute approximate surface area is 124 Å². The third kappa shape index (κ3) is 3.67. The summed E-state index contributed by atoms with van der Waals surface area (Å²) in [6.07, 6.45) is 2.99. The van der Waals surface area contributed by atoms with E-state index in [1.165, 1.54) is 0 Å². The van der Waals surface area contributed by atoms with Crippen molar-refractivity contribution in [1.82, 2.24) is 9.78 Å². The summed E-state index contributed by atoms with van der Waals surface area (Å²) in [4.78, 5) is 0. The van der Waals surface area contributed by atoms with Crippen LogP contribution in [0.5, 0.6) is 5.75 Å². The van der Waals surface area contributed by atoms with Crippen molar-refractivity contribution in [3.8, 4) is 5.75 Å². The van der Waals surface area contributed by atoms with Crippen LogP contribution in [0.25, 0.3) is 0 Å². The summed E-state index contributed by atoms with van der Waals surface area (Å²) in [7, 11) is 1.92. The monoisotopic (exact) mass is 293 g/mol. The number of ether oxygens (including phenoxy) is 1. The molecule has 20 heavy (non-hydrogen) atoms. The normalized spacial score (nSPS) is 10.6. The number of anilines is 1. The lowest BCUT2D eigenvalue weighted by atomic mass is 10.2. The van der Waals surface area contributed by atoms with Crippen molar-refractivity contribution in [2.45, 2.75) is 26.8 Å². The Bertz CT molecular complexity index is 580. The Morgan fingerprint density at radius 2 is 2.20 bits per heavy atom. The molecule has 0 saturated carbocycles. The molecule has 0 unspecified atom stereocenters. The Morgan fingerprint density at radius 1 is 1.40 bits per heavy atom. The van der Waals surface area contributed by atoms with Crippen LogP contribution in [0.3, 0.4) is 0 Å². The molecule has 108 valence electrons. The summed E-state index contributed by atoms with van der Waals surface area (Å²) in [5, 5.41) is 8.40. The van der Waals surface area contributed by atoms with Gasteiger partial charge in [0, 0.05) is 30.4 Å². The molecular weight excluding hydrogens is 274 g/mol. The van der Waals surface area contributed by atoms with Gasteiger partial charge in [-0.2, -0.15) is 5.10 Å². The second-order valence-electron chi connectivity index (χ2n) is 4.76. The highest BCUT2D eigenvalue weighted by molar-refractivity contribution is 6.30. The summed E-state index contributed by atoms with van der Waals surface area (Å²) in [5.41, 5.74) is 3.10. The molecule has 0 atom stereocenters. The zero-order valence-electron chi connectivity index (χ0n) is 12.1. The molecule has 0 aliphatic heterocycles. The van der Waals surface area contributed by atoms with Gasteiger partial charge in [0.1, 0.15) is 5.75 Å². The molecular formula is C15H20ClN3O. The Morgan fingerprint density at radius 3 is 2.85 bits per heavy atom. The van der Waals surface area contributed by atoms with Crippen molar-refractivity contribution in [2.24, 2.45) is 7.05 Å². The summed E-state index contributed by atoms with van der Waals surface area (Å²) < 4.78 is 7.54. The van der Waals surface area contributed by atoms with Crippen LogP contribution in [0.1, 0.15) is 24.6 Å². The summed E-state index contributed by atoms with van der Waals surface area (Å²) in [5.74, 6) is 0.831. The van der Waals surface area contributed by atoms with Crippen molar-refractivity contribution < 1.29 is 4.74 Å². The maximum absolute atomic E-state index is 6.06. The van der Waals surface area contributed by atoms with Crippen LogP contribution in [0.4, 0.5) is 5.69 Å². The van der Waals surface area contributed by atoms with Gasteiger partial charge in [-0.3, -0.25) is 4.68 Å². The second kappa shape index (κ2) is 6.66. The first-order valence-corrected chi connectivity index (χ1v) is 7.13. The number of hydrogen-bond donors (Lipinski definition) is 1. The third-order valence-electron chi connectivity index (χ3n) is 2.99. The maximum Gasteiger partial charge on any atom is 0.142 e. The molecule has 1 aromatic carbocycles. The molecule has 1 heterocycles. The molecule has 2 aromatic rings. The van der Waals surface area contributed by atoms with E-state index in [1.807, 2.05) is 43.0 Å². The highest BCUT2D eigenvalue weighted by Crippen LogP contribution is 2.28. The minimum atomic E-state index is 0.694. The van der Waals surface area contributed by atoms with E-state index in [0.29, 0.717) is 18.2 Å². The SMILES string of the molecule is CCCOc1ccc(Cl)cc1NCc1cn(C)nc1C. The van der Waals surface area contributed by atoms with Crippen molar-refractivity contribution in [3.05, 3.63) is 40.7 Å². The lowest BCUT2D eigenvalue weighted by molar-refractivity contribution is 0.319. The molecule has 0 aliphatic rings. The van der Waals surface area contributed by atoms with Gasteiger partial charge in [-0.15, -0.1) is 0 Å². The van der Waals surface area contributed by atoms with E-state index < -0.39 is 0 Å². The van der Waals surface area contributed by atoms with Gasteiger partial charge >= 0.3 is 0 Å². The molecule has 0 bridgehead atoms. The van der Waals surface area contributed by atoms with Gasteiger partial charge < -0.3 is 10.1 Å². The van der Waals surface area contributed by atoms with E-state index in [2.05, 4.69) is 17.3 Å². The number of rotatable bonds is 6. The Hall–Kier alpha value is -1.68. The first kappa shape index (κ1) is 14.7. The number of halogens is 1. The number of nitrogens with one attached hydrogen (secondary N) is 1. The van der Waals surface area contributed by atoms with E-state index >= 15 is 0 Å². The van der Waals surface area contributed by atoms with Crippen LogP contribution in [0.2, 0.25) is 5.02 Å². The van der Waals surface area contributed by atoms with Gasteiger partial charge in [-0.1, -0.05) is 18.5 Å². The molecule has 1 aromatic heterocycles.